The van der Waals surface area contributed by atoms with Gasteiger partial charge in [-0.3, -0.25) is 9.59 Å². The van der Waals surface area contributed by atoms with Gasteiger partial charge in [-0.25, -0.2) is 0 Å². The van der Waals surface area contributed by atoms with Crippen molar-refractivity contribution in [3.05, 3.63) is 65.9 Å². The summed E-state index contributed by atoms with van der Waals surface area (Å²) in [6.07, 6.45) is 10.9. The molecule has 2 amide bonds. The maximum absolute atomic E-state index is 13.7. The average Bonchev–Trinajstić information content (AvgIpc) is 3.68. The number of aromatic nitrogens is 1. The number of benzene rings is 2. The first-order valence-electron chi connectivity index (χ1n) is 13.8. The van der Waals surface area contributed by atoms with E-state index in [-0.39, 0.29) is 24.4 Å². The zero-order valence-corrected chi connectivity index (χ0v) is 22.4. The van der Waals surface area contributed by atoms with Gasteiger partial charge >= 0.3 is 0 Å². The van der Waals surface area contributed by atoms with Gasteiger partial charge in [0.25, 0.3) is 0 Å². The molecule has 1 saturated carbocycles. The van der Waals surface area contributed by atoms with E-state index in [1.54, 1.807) is 7.11 Å². The molecule has 0 bridgehead atoms. The van der Waals surface area contributed by atoms with Gasteiger partial charge in [0.05, 0.1) is 7.11 Å². The molecule has 1 aromatic heterocycles. The van der Waals surface area contributed by atoms with Crippen LogP contribution in [0.4, 0.5) is 0 Å². The molecule has 6 nitrogen and oxygen atoms in total. The third-order valence-corrected chi connectivity index (χ3v) is 7.34. The Labute approximate surface area is 221 Å². The van der Waals surface area contributed by atoms with Crippen molar-refractivity contribution in [3.8, 4) is 5.75 Å². The maximum Gasteiger partial charge on any atom is 0.242 e. The molecule has 1 aliphatic rings. The number of hydrogen-bond acceptors (Lipinski definition) is 3. The van der Waals surface area contributed by atoms with E-state index >= 15 is 0 Å². The van der Waals surface area contributed by atoms with Crippen LogP contribution in [0.3, 0.4) is 0 Å². The van der Waals surface area contributed by atoms with Crippen LogP contribution >= 0.6 is 0 Å². The minimum atomic E-state index is -0.00280. The SMILES string of the molecule is CCCCCCCC(=O)N(CC(=O)N(CCc1c[nH]c2ccccc12)Cc1ccccc1OC)C1CC1. The molecular weight excluding hydrogens is 462 g/mol. The molecule has 1 N–H and O–H groups in total. The monoisotopic (exact) mass is 503 g/mol. The lowest BCUT2D eigenvalue weighted by molar-refractivity contribution is -0.141. The number of H-pyrrole nitrogens is 1. The number of amides is 2. The largest absolute Gasteiger partial charge is 0.496 e. The molecule has 0 aliphatic heterocycles. The molecule has 3 aromatic rings. The van der Waals surface area contributed by atoms with Crippen molar-refractivity contribution in [1.82, 2.24) is 14.8 Å². The van der Waals surface area contributed by atoms with Gasteiger partial charge < -0.3 is 19.5 Å². The van der Waals surface area contributed by atoms with E-state index in [1.807, 2.05) is 52.4 Å². The first-order valence-corrected chi connectivity index (χ1v) is 13.8. The van der Waals surface area contributed by atoms with Gasteiger partial charge in [-0.1, -0.05) is 69.0 Å². The number of unbranched alkanes of at least 4 members (excludes halogenated alkanes) is 4. The van der Waals surface area contributed by atoms with Crippen LogP contribution in [0.5, 0.6) is 5.75 Å². The third kappa shape index (κ3) is 7.37. The Morgan fingerprint density at radius 3 is 2.49 bits per heavy atom. The van der Waals surface area contributed by atoms with Crippen LogP contribution in [0, 0.1) is 0 Å². The molecule has 0 saturated heterocycles. The van der Waals surface area contributed by atoms with Crippen molar-refractivity contribution in [2.24, 2.45) is 0 Å². The molecule has 0 unspecified atom stereocenters. The van der Waals surface area contributed by atoms with Crippen molar-refractivity contribution < 1.29 is 14.3 Å². The van der Waals surface area contributed by atoms with Crippen LogP contribution in [0.25, 0.3) is 10.9 Å². The van der Waals surface area contributed by atoms with E-state index in [0.717, 1.165) is 48.9 Å². The molecule has 4 rings (SSSR count). The summed E-state index contributed by atoms with van der Waals surface area (Å²) in [6.45, 7) is 3.37. The summed E-state index contributed by atoms with van der Waals surface area (Å²) in [5, 5.41) is 1.19. The molecule has 6 heteroatoms. The minimum Gasteiger partial charge on any atom is -0.496 e. The number of nitrogens with one attached hydrogen (secondary N) is 1. The molecule has 0 spiro atoms. The lowest BCUT2D eigenvalue weighted by Crippen LogP contribution is -2.44. The minimum absolute atomic E-state index is 0.00280. The zero-order chi connectivity index (χ0) is 26.0. The standard InChI is InChI=1S/C31H41N3O3/c1-3-4-5-6-7-16-30(35)34(26-17-18-26)23-31(36)33(22-25-12-8-11-15-29(25)37-2)20-19-24-21-32-28-14-10-9-13-27(24)28/h8-15,21,26,32H,3-7,16-20,22-23H2,1-2H3. The molecule has 37 heavy (non-hydrogen) atoms. The smallest absolute Gasteiger partial charge is 0.242 e. The van der Waals surface area contributed by atoms with Crippen molar-refractivity contribution in [2.75, 3.05) is 20.2 Å². The van der Waals surface area contributed by atoms with Crippen molar-refractivity contribution >= 4 is 22.7 Å². The maximum atomic E-state index is 13.7. The first-order chi connectivity index (χ1) is 18.1. The summed E-state index contributed by atoms with van der Waals surface area (Å²) in [6, 6.07) is 16.3. The summed E-state index contributed by atoms with van der Waals surface area (Å²) >= 11 is 0. The predicted octanol–water partition coefficient (Wildman–Crippen LogP) is 6.10. The second-order valence-electron chi connectivity index (χ2n) is 10.2. The fraction of sp³-hybridized carbons (Fsp3) is 0.484. The van der Waals surface area contributed by atoms with E-state index in [1.165, 1.54) is 30.2 Å². The van der Waals surface area contributed by atoms with E-state index in [0.29, 0.717) is 19.5 Å². The number of carbonyl (C=O) groups is 2. The van der Waals surface area contributed by atoms with Crippen molar-refractivity contribution in [3.63, 3.8) is 0 Å². The molecule has 198 valence electrons. The van der Waals surface area contributed by atoms with Crippen LogP contribution < -0.4 is 4.74 Å². The number of methoxy groups -OCH3 is 1. The number of fused-ring (bicyclic) bond motifs is 1. The zero-order valence-electron chi connectivity index (χ0n) is 22.4. The highest BCUT2D eigenvalue weighted by atomic mass is 16.5. The summed E-state index contributed by atoms with van der Waals surface area (Å²) in [5.41, 5.74) is 3.26. The van der Waals surface area contributed by atoms with Gasteiger partial charge in [0.2, 0.25) is 11.8 Å². The van der Waals surface area contributed by atoms with Crippen LogP contribution in [0.15, 0.2) is 54.7 Å². The number of hydrogen-bond donors (Lipinski definition) is 1. The van der Waals surface area contributed by atoms with Gasteiger partial charge in [-0.05, 0) is 43.4 Å². The fourth-order valence-corrected chi connectivity index (χ4v) is 5.00. The van der Waals surface area contributed by atoms with Gasteiger partial charge in [-0.15, -0.1) is 0 Å². The predicted molar refractivity (Wildman–Crippen MR) is 149 cm³/mol. The topological polar surface area (TPSA) is 65.6 Å². The normalized spacial score (nSPS) is 13.0. The Morgan fingerprint density at radius 1 is 0.946 bits per heavy atom. The molecular formula is C31H41N3O3. The lowest BCUT2D eigenvalue weighted by atomic mass is 10.1. The van der Waals surface area contributed by atoms with Crippen LogP contribution in [-0.4, -0.2) is 52.8 Å². The van der Waals surface area contributed by atoms with Gasteiger partial charge in [0.1, 0.15) is 12.3 Å². The molecule has 0 radical (unpaired) electrons. The first kappa shape index (κ1) is 26.8. The van der Waals surface area contributed by atoms with Gasteiger partial charge in [0, 0.05) is 48.2 Å². The second kappa shape index (κ2) is 13.3. The Kier molecular flexibility index (Phi) is 9.64. The Morgan fingerprint density at radius 2 is 1.70 bits per heavy atom. The molecule has 2 aromatic carbocycles. The number of rotatable bonds is 15. The lowest BCUT2D eigenvalue weighted by Gasteiger charge is -2.28. The summed E-state index contributed by atoms with van der Waals surface area (Å²) in [4.78, 5) is 33.9. The molecule has 1 aliphatic carbocycles. The summed E-state index contributed by atoms with van der Waals surface area (Å²) < 4.78 is 5.57. The average molecular weight is 504 g/mol. The highest BCUT2D eigenvalue weighted by molar-refractivity contribution is 5.86. The molecule has 1 fully saturated rings. The molecule has 1 heterocycles. The van der Waals surface area contributed by atoms with Crippen molar-refractivity contribution in [2.45, 2.75) is 77.3 Å². The van der Waals surface area contributed by atoms with E-state index in [9.17, 15) is 9.59 Å². The highest BCUT2D eigenvalue weighted by Gasteiger charge is 2.34. The number of ether oxygens (including phenoxy) is 1. The van der Waals surface area contributed by atoms with E-state index in [4.69, 9.17) is 4.74 Å². The Bertz CT molecular complexity index is 1170. The van der Waals surface area contributed by atoms with Gasteiger partial charge in [0.15, 0.2) is 0 Å². The van der Waals surface area contributed by atoms with Crippen LogP contribution in [0.1, 0.15) is 69.4 Å². The number of nitrogens with zero attached hydrogens (tertiary/aromatic N) is 2. The third-order valence-electron chi connectivity index (χ3n) is 7.34. The Hall–Kier alpha value is -3.28. The number of carbonyl (C=O) groups excluding carboxylic acids is 2. The fourth-order valence-electron chi connectivity index (χ4n) is 5.00. The second-order valence-corrected chi connectivity index (χ2v) is 10.2. The highest BCUT2D eigenvalue weighted by Crippen LogP contribution is 2.28. The Balaban J connectivity index is 1.46. The van der Waals surface area contributed by atoms with E-state index in [2.05, 4.69) is 24.0 Å². The summed E-state index contributed by atoms with van der Waals surface area (Å²) in [7, 11) is 1.66. The van der Waals surface area contributed by atoms with E-state index < -0.39 is 0 Å². The van der Waals surface area contributed by atoms with Crippen molar-refractivity contribution in [1.29, 1.82) is 0 Å². The molecule has 0 atom stereocenters. The summed E-state index contributed by atoms with van der Waals surface area (Å²) in [5.74, 6) is 0.896. The number of para-hydroxylation sites is 2. The quantitative estimate of drug-likeness (QED) is 0.255. The van der Waals surface area contributed by atoms with Crippen LogP contribution in [-0.2, 0) is 22.6 Å². The number of aromatic amines is 1. The van der Waals surface area contributed by atoms with Crippen LogP contribution in [0.2, 0.25) is 0 Å². The van der Waals surface area contributed by atoms with Gasteiger partial charge in [-0.2, -0.15) is 0 Å².